The van der Waals surface area contributed by atoms with Gasteiger partial charge in [-0.3, -0.25) is 9.89 Å². The molecule has 0 aromatic carbocycles. The molecule has 1 aromatic heterocycles. The van der Waals surface area contributed by atoms with Gasteiger partial charge in [-0.25, -0.2) is 0 Å². The average Bonchev–Trinajstić information content (AvgIpc) is 2.43. The number of nitrogens with one attached hydrogen (secondary N) is 2. The van der Waals surface area contributed by atoms with E-state index in [1.54, 1.807) is 0 Å². The van der Waals surface area contributed by atoms with Crippen molar-refractivity contribution in [2.45, 2.75) is 39.7 Å². The summed E-state index contributed by atoms with van der Waals surface area (Å²) >= 11 is 0. The van der Waals surface area contributed by atoms with Gasteiger partial charge in [-0.2, -0.15) is 5.10 Å². The molecular weight excluding hydrogens is 190 g/mol. The van der Waals surface area contributed by atoms with Crippen molar-refractivity contribution in [3.05, 3.63) is 17.0 Å². The molecule has 82 valence electrons. The van der Waals surface area contributed by atoms with E-state index in [1.165, 1.54) is 0 Å². The van der Waals surface area contributed by atoms with Crippen LogP contribution in [0.15, 0.2) is 0 Å². The van der Waals surface area contributed by atoms with Crippen molar-refractivity contribution < 1.29 is 4.79 Å². The van der Waals surface area contributed by atoms with Crippen LogP contribution in [0.2, 0.25) is 0 Å². The quantitative estimate of drug-likeness (QED) is 0.773. The van der Waals surface area contributed by atoms with E-state index in [9.17, 15) is 4.79 Å². The Morgan fingerprint density at radius 2 is 2.13 bits per heavy atom. The summed E-state index contributed by atoms with van der Waals surface area (Å²) < 4.78 is 0. The minimum absolute atomic E-state index is 0.00986. The summed E-state index contributed by atoms with van der Waals surface area (Å²) in [5.74, 6) is 0.762. The molecule has 0 aliphatic heterocycles. The molecule has 1 amide bonds. The third kappa shape index (κ3) is 1.89. The first-order chi connectivity index (χ1) is 7.08. The van der Waals surface area contributed by atoms with Gasteiger partial charge in [0.2, 0.25) is 0 Å². The standard InChI is InChI=1S/C11H17N3O/c1-6-4-9(5-6)12-11(15)10-7(2)13-14-8(10)3/h6,9H,4-5H2,1-3H3,(H,12,15)(H,13,14). The Kier molecular flexibility index (Phi) is 2.50. The zero-order valence-corrected chi connectivity index (χ0v) is 9.42. The first-order valence-electron chi connectivity index (χ1n) is 5.40. The second kappa shape index (κ2) is 3.68. The lowest BCUT2D eigenvalue weighted by Gasteiger charge is -2.33. The Bertz CT molecular complexity index is 358. The molecule has 2 N–H and O–H groups in total. The summed E-state index contributed by atoms with van der Waals surface area (Å²) in [5.41, 5.74) is 2.32. The summed E-state index contributed by atoms with van der Waals surface area (Å²) in [7, 11) is 0. The monoisotopic (exact) mass is 207 g/mol. The van der Waals surface area contributed by atoms with Crippen molar-refractivity contribution in [2.24, 2.45) is 5.92 Å². The fraction of sp³-hybridized carbons (Fsp3) is 0.636. The van der Waals surface area contributed by atoms with Gasteiger partial charge in [-0.05, 0) is 32.6 Å². The van der Waals surface area contributed by atoms with Gasteiger partial charge in [0.15, 0.2) is 0 Å². The normalized spacial score (nSPS) is 24.7. The summed E-state index contributed by atoms with van der Waals surface area (Å²) in [6.45, 7) is 5.93. The summed E-state index contributed by atoms with van der Waals surface area (Å²) in [6, 6.07) is 0.362. The first-order valence-corrected chi connectivity index (χ1v) is 5.40. The molecule has 0 spiro atoms. The molecule has 0 bridgehead atoms. The van der Waals surface area contributed by atoms with Crippen molar-refractivity contribution in [3.8, 4) is 0 Å². The van der Waals surface area contributed by atoms with E-state index in [4.69, 9.17) is 0 Å². The molecule has 1 fully saturated rings. The second-order valence-corrected chi connectivity index (χ2v) is 4.56. The third-order valence-corrected chi connectivity index (χ3v) is 3.06. The van der Waals surface area contributed by atoms with Gasteiger partial charge in [0.25, 0.3) is 5.91 Å². The highest BCUT2D eigenvalue weighted by Crippen LogP contribution is 2.26. The van der Waals surface area contributed by atoms with Crippen LogP contribution in [0.1, 0.15) is 41.5 Å². The molecule has 1 aliphatic rings. The molecule has 1 saturated carbocycles. The Balaban J connectivity index is 2.02. The van der Waals surface area contributed by atoms with E-state index in [2.05, 4.69) is 22.4 Å². The smallest absolute Gasteiger partial charge is 0.255 e. The van der Waals surface area contributed by atoms with E-state index in [1.807, 2.05) is 13.8 Å². The minimum atomic E-state index is 0.00986. The summed E-state index contributed by atoms with van der Waals surface area (Å²) in [6.07, 6.45) is 2.20. The predicted molar refractivity (Wildman–Crippen MR) is 57.7 cm³/mol. The third-order valence-electron chi connectivity index (χ3n) is 3.06. The number of amides is 1. The van der Waals surface area contributed by atoms with Crippen LogP contribution in [0.4, 0.5) is 0 Å². The highest BCUT2D eigenvalue weighted by molar-refractivity contribution is 5.96. The molecule has 1 aliphatic carbocycles. The molecular formula is C11H17N3O. The topological polar surface area (TPSA) is 57.8 Å². The molecule has 0 radical (unpaired) electrons. The highest BCUT2D eigenvalue weighted by Gasteiger charge is 2.28. The number of aromatic amines is 1. The van der Waals surface area contributed by atoms with E-state index in [0.717, 1.165) is 30.1 Å². The fourth-order valence-electron chi connectivity index (χ4n) is 2.16. The number of nitrogens with zero attached hydrogens (tertiary/aromatic N) is 1. The number of H-pyrrole nitrogens is 1. The zero-order chi connectivity index (χ0) is 11.0. The number of carbonyl (C=O) groups excluding carboxylic acids is 1. The lowest BCUT2D eigenvalue weighted by Crippen LogP contribution is -2.43. The maximum absolute atomic E-state index is 11.9. The number of aryl methyl sites for hydroxylation is 2. The largest absolute Gasteiger partial charge is 0.349 e. The van der Waals surface area contributed by atoms with Crippen molar-refractivity contribution in [1.82, 2.24) is 15.5 Å². The molecule has 15 heavy (non-hydrogen) atoms. The molecule has 0 unspecified atom stereocenters. The summed E-state index contributed by atoms with van der Waals surface area (Å²) in [5, 5.41) is 9.87. The van der Waals surface area contributed by atoms with Crippen LogP contribution in [0.3, 0.4) is 0 Å². The van der Waals surface area contributed by atoms with Crippen molar-refractivity contribution in [2.75, 3.05) is 0 Å². The number of carbonyl (C=O) groups is 1. The number of rotatable bonds is 2. The van der Waals surface area contributed by atoms with Gasteiger partial charge in [0.05, 0.1) is 11.3 Å². The first kappa shape index (κ1) is 10.2. The van der Waals surface area contributed by atoms with Crippen molar-refractivity contribution in [3.63, 3.8) is 0 Å². The van der Waals surface area contributed by atoms with Gasteiger partial charge in [-0.15, -0.1) is 0 Å². The second-order valence-electron chi connectivity index (χ2n) is 4.56. The lowest BCUT2D eigenvalue weighted by molar-refractivity contribution is 0.0895. The van der Waals surface area contributed by atoms with E-state index in [0.29, 0.717) is 11.6 Å². The zero-order valence-electron chi connectivity index (χ0n) is 9.42. The lowest BCUT2D eigenvalue weighted by atomic mass is 9.82. The Hall–Kier alpha value is -1.32. The summed E-state index contributed by atoms with van der Waals surface area (Å²) in [4.78, 5) is 11.9. The molecule has 1 aromatic rings. The van der Waals surface area contributed by atoms with Gasteiger partial charge in [0.1, 0.15) is 0 Å². The maximum atomic E-state index is 11.9. The van der Waals surface area contributed by atoms with Crippen molar-refractivity contribution in [1.29, 1.82) is 0 Å². The highest BCUT2D eigenvalue weighted by atomic mass is 16.1. The minimum Gasteiger partial charge on any atom is -0.349 e. The number of hydrogen-bond acceptors (Lipinski definition) is 2. The van der Waals surface area contributed by atoms with Crippen LogP contribution >= 0.6 is 0 Å². The van der Waals surface area contributed by atoms with E-state index < -0.39 is 0 Å². The Morgan fingerprint density at radius 3 is 2.60 bits per heavy atom. The van der Waals surface area contributed by atoms with Crippen LogP contribution < -0.4 is 5.32 Å². The molecule has 2 rings (SSSR count). The van der Waals surface area contributed by atoms with Gasteiger partial charge in [0, 0.05) is 11.7 Å². The van der Waals surface area contributed by atoms with Gasteiger partial charge in [-0.1, -0.05) is 6.92 Å². The van der Waals surface area contributed by atoms with Crippen LogP contribution in [0, 0.1) is 19.8 Å². The Morgan fingerprint density at radius 1 is 1.47 bits per heavy atom. The molecule has 1 heterocycles. The van der Waals surface area contributed by atoms with Crippen LogP contribution in [-0.4, -0.2) is 22.1 Å². The molecule has 0 saturated heterocycles. The number of hydrogen-bond donors (Lipinski definition) is 2. The SMILES string of the molecule is Cc1n[nH]c(C)c1C(=O)NC1CC(C)C1. The van der Waals surface area contributed by atoms with E-state index in [-0.39, 0.29) is 5.91 Å². The average molecular weight is 207 g/mol. The molecule has 4 nitrogen and oxygen atoms in total. The molecule has 0 atom stereocenters. The maximum Gasteiger partial charge on any atom is 0.255 e. The number of aromatic nitrogens is 2. The van der Waals surface area contributed by atoms with Crippen LogP contribution in [-0.2, 0) is 0 Å². The molecule has 4 heteroatoms. The van der Waals surface area contributed by atoms with Gasteiger partial charge < -0.3 is 5.32 Å². The van der Waals surface area contributed by atoms with Gasteiger partial charge >= 0.3 is 0 Å². The van der Waals surface area contributed by atoms with Crippen LogP contribution in [0.25, 0.3) is 0 Å². The van der Waals surface area contributed by atoms with E-state index >= 15 is 0 Å². The van der Waals surface area contributed by atoms with Crippen LogP contribution in [0.5, 0.6) is 0 Å². The predicted octanol–water partition coefficient (Wildman–Crippen LogP) is 1.55. The van der Waals surface area contributed by atoms with Crippen molar-refractivity contribution >= 4 is 5.91 Å². The fourth-order valence-corrected chi connectivity index (χ4v) is 2.16. The Labute approximate surface area is 89.5 Å².